The van der Waals surface area contributed by atoms with Gasteiger partial charge in [-0.25, -0.2) is 0 Å². The van der Waals surface area contributed by atoms with Gasteiger partial charge < -0.3 is 14.5 Å². The van der Waals surface area contributed by atoms with Gasteiger partial charge >= 0.3 is 5.97 Å². The van der Waals surface area contributed by atoms with E-state index in [0.29, 0.717) is 51.9 Å². The molecule has 0 bridgehead atoms. The molecule has 0 saturated carbocycles. The van der Waals surface area contributed by atoms with Gasteiger partial charge in [-0.3, -0.25) is 14.4 Å². The highest BCUT2D eigenvalue weighted by molar-refractivity contribution is 5.93. The Kier molecular flexibility index (Phi) is 8.64. The SMILES string of the molecule is CCOC(=O)C1CCN(C(=O)Cc2ccc(N(Cc3ccc(C)cc3)C(=O)CC)cc2)CC1. The first kappa shape index (κ1) is 24.5. The van der Waals surface area contributed by atoms with Crippen LogP contribution in [0.15, 0.2) is 48.5 Å². The van der Waals surface area contributed by atoms with E-state index in [-0.39, 0.29) is 23.7 Å². The van der Waals surface area contributed by atoms with Crippen molar-refractivity contribution in [1.82, 2.24) is 4.90 Å². The third kappa shape index (κ3) is 6.67. The molecular weight excluding hydrogens is 416 g/mol. The second-order valence-electron chi connectivity index (χ2n) is 8.57. The van der Waals surface area contributed by atoms with Crippen LogP contribution in [-0.4, -0.2) is 42.4 Å². The zero-order valence-electron chi connectivity index (χ0n) is 19.9. The number of aryl methyl sites for hydroxylation is 1. The maximum Gasteiger partial charge on any atom is 0.309 e. The van der Waals surface area contributed by atoms with Crippen molar-refractivity contribution in [2.75, 3.05) is 24.6 Å². The van der Waals surface area contributed by atoms with Crippen molar-refractivity contribution in [3.8, 4) is 0 Å². The van der Waals surface area contributed by atoms with Crippen LogP contribution in [0.25, 0.3) is 0 Å². The highest BCUT2D eigenvalue weighted by Crippen LogP contribution is 2.22. The number of anilines is 1. The van der Waals surface area contributed by atoms with Gasteiger partial charge in [0.2, 0.25) is 11.8 Å². The van der Waals surface area contributed by atoms with Crippen LogP contribution in [0, 0.1) is 12.8 Å². The summed E-state index contributed by atoms with van der Waals surface area (Å²) in [4.78, 5) is 40.9. The summed E-state index contributed by atoms with van der Waals surface area (Å²) in [6, 6.07) is 15.9. The molecule has 176 valence electrons. The highest BCUT2D eigenvalue weighted by Gasteiger charge is 2.28. The van der Waals surface area contributed by atoms with Gasteiger partial charge in [-0.05, 0) is 49.9 Å². The largest absolute Gasteiger partial charge is 0.466 e. The topological polar surface area (TPSA) is 66.9 Å². The third-order valence-corrected chi connectivity index (χ3v) is 6.14. The lowest BCUT2D eigenvalue weighted by Crippen LogP contribution is -2.41. The molecule has 2 aromatic rings. The number of rotatable bonds is 8. The van der Waals surface area contributed by atoms with Gasteiger partial charge in [-0.1, -0.05) is 48.9 Å². The lowest BCUT2D eigenvalue weighted by atomic mass is 9.96. The molecule has 0 aliphatic carbocycles. The third-order valence-electron chi connectivity index (χ3n) is 6.14. The average Bonchev–Trinajstić information content (AvgIpc) is 2.84. The van der Waals surface area contributed by atoms with Crippen LogP contribution in [0.2, 0.25) is 0 Å². The maximum absolute atomic E-state index is 12.8. The van der Waals surface area contributed by atoms with Crippen molar-refractivity contribution in [3.63, 3.8) is 0 Å². The number of amides is 2. The summed E-state index contributed by atoms with van der Waals surface area (Å²) in [6.07, 6.45) is 2.03. The number of nitrogens with zero attached hydrogens (tertiary/aromatic N) is 2. The lowest BCUT2D eigenvalue weighted by Gasteiger charge is -2.31. The Morgan fingerprint density at radius 2 is 1.55 bits per heavy atom. The van der Waals surface area contributed by atoms with Gasteiger partial charge in [0.05, 0.1) is 25.5 Å². The highest BCUT2D eigenvalue weighted by atomic mass is 16.5. The molecular formula is C27H34N2O4. The van der Waals surface area contributed by atoms with Gasteiger partial charge in [0.25, 0.3) is 0 Å². The Hall–Kier alpha value is -3.15. The second-order valence-corrected chi connectivity index (χ2v) is 8.57. The van der Waals surface area contributed by atoms with Gasteiger partial charge in [0.15, 0.2) is 0 Å². The molecule has 0 unspecified atom stereocenters. The Balaban J connectivity index is 1.60. The number of benzene rings is 2. The van der Waals surface area contributed by atoms with Gasteiger partial charge in [0, 0.05) is 25.2 Å². The fourth-order valence-electron chi connectivity index (χ4n) is 4.10. The standard InChI is InChI=1S/C27H34N2O4/c1-4-25(30)29(19-22-8-6-20(3)7-9-22)24-12-10-21(11-13-24)18-26(31)28-16-14-23(15-17-28)27(32)33-5-2/h6-13,23H,4-5,14-19H2,1-3H3. The van der Waals surface area contributed by atoms with Crippen molar-refractivity contribution in [2.24, 2.45) is 5.92 Å². The smallest absolute Gasteiger partial charge is 0.309 e. The minimum Gasteiger partial charge on any atom is -0.466 e. The number of ether oxygens (including phenoxy) is 1. The summed E-state index contributed by atoms with van der Waals surface area (Å²) in [5, 5.41) is 0. The first-order chi connectivity index (χ1) is 15.9. The lowest BCUT2D eigenvalue weighted by molar-refractivity contribution is -0.151. The van der Waals surface area contributed by atoms with Gasteiger partial charge in [-0.15, -0.1) is 0 Å². The number of esters is 1. The normalized spacial score (nSPS) is 14.1. The Morgan fingerprint density at radius 3 is 2.12 bits per heavy atom. The van der Waals surface area contributed by atoms with E-state index in [1.54, 1.807) is 4.90 Å². The quantitative estimate of drug-likeness (QED) is 0.563. The van der Waals surface area contributed by atoms with Crippen LogP contribution >= 0.6 is 0 Å². The fraction of sp³-hybridized carbons (Fsp3) is 0.444. The predicted octanol–water partition coefficient (Wildman–Crippen LogP) is 4.28. The molecule has 0 spiro atoms. The molecule has 0 atom stereocenters. The van der Waals surface area contributed by atoms with E-state index < -0.39 is 0 Å². The monoisotopic (exact) mass is 450 g/mol. The molecule has 1 aliphatic rings. The summed E-state index contributed by atoms with van der Waals surface area (Å²) in [5.41, 5.74) is 4.00. The summed E-state index contributed by atoms with van der Waals surface area (Å²) < 4.78 is 5.10. The first-order valence-electron chi connectivity index (χ1n) is 11.8. The molecule has 1 heterocycles. The number of carbonyl (C=O) groups is 3. The van der Waals surface area contributed by atoms with Crippen LogP contribution in [-0.2, 0) is 32.1 Å². The molecule has 1 aliphatic heterocycles. The number of likely N-dealkylation sites (tertiary alicyclic amines) is 1. The number of hydrogen-bond acceptors (Lipinski definition) is 4. The van der Waals surface area contributed by atoms with Crippen LogP contribution in [0.1, 0.15) is 49.8 Å². The van der Waals surface area contributed by atoms with Crippen LogP contribution in [0.4, 0.5) is 5.69 Å². The number of hydrogen-bond donors (Lipinski definition) is 0. The first-order valence-corrected chi connectivity index (χ1v) is 11.8. The Labute approximate surface area is 196 Å². The fourth-order valence-corrected chi connectivity index (χ4v) is 4.10. The average molecular weight is 451 g/mol. The molecule has 1 saturated heterocycles. The molecule has 1 fully saturated rings. The maximum atomic E-state index is 12.8. The van der Waals surface area contributed by atoms with E-state index in [2.05, 4.69) is 0 Å². The summed E-state index contributed by atoms with van der Waals surface area (Å²) >= 11 is 0. The van der Waals surface area contributed by atoms with Crippen molar-refractivity contribution < 1.29 is 19.1 Å². The van der Waals surface area contributed by atoms with E-state index in [0.717, 1.165) is 16.8 Å². The van der Waals surface area contributed by atoms with E-state index in [9.17, 15) is 14.4 Å². The minimum absolute atomic E-state index is 0.0591. The Morgan fingerprint density at radius 1 is 0.939 bits per heavy atom. The van der Waals surface area contributed by atoms with Crippen molar-refractivity contribution in [1.29, 1.82) is 0 Å². The Bertz CT molecular complexity index is 945. The molecule has 2 amide bonds. The second kappa shape index (κ2) is 11.6. The summed E-state index contributed by atoms with van der Waals surface area (Å²) in [7, 11) is 0. The molecule has 2 aromatic carbocycles. The van der Waals surface area contributed by atoms with Crippen LogP contribution in [0.3, 0.4) is 0 Å². The van der Waals surface area contributed by atoms with Gasteiger partial charge in [0.1, 0.15) is 0 Å². The molecule has 6 heteroatoms. The zero-order valence-corrected chi connectivity index (χ0v) is 19.9. The van der Waals surface area contributed by atoms with E-state index >= 15 is 0 Å². The summed E-state index contributed by atoms with van der Waals surface area (Å²) in [5.74, 6) is -0.143. The number of piperidine rings is 1. The van der Waals surface area contributed by atoms with E-state index in [4.69, 9.17) is 4.74 Å². The summed E-state index contributed by atoms with van der Waals surface area (Å²) in [6.45, 7) is 7.78. The number of carbonyl (C=O) groups excluding carboxylic acids is 3. The van der Waals surface area contributed by atoms with Crippen LogP contribution < -0.4 is 4.90 Å². The molecule has 0 N–H and O–H groups in total. The van der Waals surface area contributed by atoms with Crippen molar-refractivity contribution >= 4 is 23.5 Å². The van der Waals surface area contributed by atoms with Crippen molar-refractivity contribution in [2.45, 2.75) is 53.0 Å². The molecule has 3 rings (SSSR count). The molecule has 33 heavy (non-hydrogen) atoms. The van der Waals surface area contributed by atoms with E-state index in [1.807, 2.05) is 74.2 Å². The minimum atomic E-state index is -0.156. The molecule has 0 aromatic heterocycles. The molecule has 0 radical (unpaired) electrons. The molecule has 6 nitrogen and oxygen atoms in total. The van der Waals surface area contributed by atoms with E-state index in [1.165, 1.54) is 5.56 Å². The van der Waals surface area contributed by atoms with Crippen LogP contribution in [0.5, 0.6) is 0 Å². The predicted molar refractivity (Wildman–Crippen MR) is 129 cm³/mol. The zero-order chi connectivity index (χ0) is 23.8. The van der Waals surface area contributed by atoms with Crippen molar-refractivity contribution in [3.05, 3.63) is 65.2 Å². The van der Waals surface area contributed by atoms with Gasteiger partial charge in [-0.2, -0.15) is 0 Å².